The quantitative estimate of drug-likeness (QED) is 0.635. The second-order valence-electron chi connectivity index (χ2n) is 2.96. The summed E-state index contributed by atoms with van der Waals surface area (Å²) >= 11 is 0. The lowest BCUT2D eigenvalue weighted by Gasteiger charge is -2.04. The van der Waals surface area contributed by atoms with Gasteiger partial charge in [0.25, 0.3) is 0 Å². The molecule has 0 aromatic rings. The number of hydrogen-bond donors (Lipinski definition) is 2. The summed E-state index contributed by atoms with van der Waals surface area (Å²) in [6.45, 7) is 1.16. The van der Waals surface area contributed by atoms with Crippen molar-refractivity contribution in [3.63, 3.8) is 0 Å². The predicted molar refractivity (Wildman–Crippen MR) is 44.2 cm³/mol. The highest BCUT2D eigenvalue weighted by Crippen LogP contribution is 2.29. The molecule has 0 amide bonds. The third-order valence-electron chi connectivity index (χ3n) is 2.24. The summed E-state index contributed by atoms with van der Waals surface area (Å²) < 4.78 is 0. The molecule has 62 valence electrons. The second kappa shape index (κ2) is 4.94. The van der Waals surface area contributed by atoms with Gasteiger partial charge in [-0.2, -0.15) is 0 Å². The highest BCUT2D eigenvalue weighted by molar-refractivity contribution is 5.85. The van der Waals surface area contributed by atoms with Crippen molar-refractivity contribution in [3.05, 3.63) is 0 Å². The summed E-state index contributed by atoms with van der Waals surface area (Å²) in [7, 11) is 0. The van der Waals surface area contributed by atoms with Crippen molar-refractivity contribution in [3.8, 4) is 0 Å². The van der Waals surface area contributed by atoms with Crippen molar-refractivity contribution in [2.24, 2.45) is 17.6 Å². The molecule has 3 N–H and O–H groups in total. The second-order valence-corrected chi connectivity index (χ2v) is 2.96. The van der Waals surface area contributed by atoms with Crippen LogP contribution in [-0.2, 0) is 0 Å². The number of halogens is 1. The van der Waals surface area contributed by atoms with Gasteiger partial charge < -0.3 is 10.8 Å². The normalized spacial score (nSPS) is 31.8. The third kappa shape index (κ3) is 2.45. The Kier molecular flexibility index (Phi) is 5.04. The Morgan fingerprint density at radius 1 is 1.30 bits per heavy atom. The van der Waals surface area contributed by atoms with Gasteiger partial charge in [0, 0.05) is 6.61 Å². The average molecular weight is 166 g/mol. The first kappa shape index (κ1) is 10.2. The topological polar surface area (TPSA) is 46.2 Å². The van der Waals surface area contributed by atoms with Crippen molar-refractivity contribution in [2.75, 3.05) is 13.2 Å². The first-order valence-electron chi connectivity index (χ1n) is 3.67. The van der Waals surface area contributed by atoms with E-state index < -0.39 is 0 Å². The van der Waals surface area contributed by atoms with E-state index in [1.807, 2.05) is 0 Å². The molecule has 0 bridgehead atoms. The van der Waals surface area contributed by atoms with E-state index in [1.54, 1.807) is 0 Å². The fourth-order valence-corrected chi connectivity index (χ4v) is 1.56. The summed E-state index contributed by atoms with van der Waals surface area (Å²) in [6.07, 6.45) is 3.55. The van der Waals surface area contributed by atoms with Crippen LogP contribution >= 0.6 is 12.4 Å². The zero-order chi connectivity index (χ0) is 6.69. The number of rotatable bonds is 2. The van der Waals surface area contributed by atoms with Gasteiger partial charge >= 0.3 is 0 Å². The summed E-state index contributed by atoms with van der Waals surface area (Å²) in [5.41, 5.74) is 5.47. The van der Waals surface area contributed by atoms with Crippen LogP contribution in [0.15, 0.2) is 0 Å². The maximum Gasteiger partial charge on any atom is 0.0459 e. The number of aliphatic hydroxyl groups excluding tert-OH is 1. The van der Waals surface area contributed by atoms with Crippen LogP contribution in [0.5, 0.6) is 0 Å². The summed E-state index contributed by atoms with van der Waals surface area (Å²) in [4.78, 5) is 0. The van der Waals surface area contributed by atoms with E-state index in [0.29, 0.717) is 18.4 Å². The van der Waals surface area contributed by atoms with Gasteiger partial charge in [-0.1, -0.05) is 0 Å². The van der Waals surface area contributed by atoms with Crippen molar-refractivity contribution >= 4 is 12.4 Å². The zero-order valence-corrected chi connectivity index (χ0v) is 6.94. The van der Waals surface area contributed by atoms with Gasteiger partial charge in [-0.3, -0.25) is 0 Å². The monoisotopic (exact) mass is 165 g/mol. The Hall–Kier alpha value is 0.210. The molecule has 1 aliphatic rings. The smallest absolute Gasteiger partial charge is 0.0459 e. The lowest BCUT2D eigenvalue weighted by molar-refractivity contribution is 0.226. The Morgan fingerprint density at radius 3 is 2.20 bits per heavy atom. The maximum atomic E-state index is 8.74. The minimum Gasteiger partial charge on any atom is -0.396 e. The molecule has 0 saturated heterocycles. The SMILES string of the molecule is Cl.NC[C@H]1CC[C@H](CO)C1. The van der Waals surface area contributed by atoms with Crippen LogP contribution in [0.4, 0.5) is 0 Å². The van der Waals surface area contributed by atoms with Gasteiger partial charge in [-0.15, -0.1) is 12.4 Å². The van der Waals surface area contributed by atoms with Crippen molar-refractivity contribution in [1.29, 1.82) is 0 Å². The largest absolute Gasteiger partial charge is 0.396 e. The average Bonchev–Trinajstić information content (AvgIpc) is 2.34. The van der Waals surface area contributed by atoms with Crippen molar-refractivity contribution in [1.82, 2.24) is 0 Å². The third-order valence-corrected chi connectivity index (χ3v) is 2.24. The van der Waals surface area contributed by atoms with Gasteiger partial charge in [0.2, 0.25) is 0 Å². The van der Waals surface area contributed by atoms with Crippen molar-refractivity contribution in [2.45, 2.75) is 19.3 Å². The van der Waals surface area contributed by atoms with Gasteiger partial charge in [-0.05, 0) is 37.6 Å². The molecule has 1 aliphatic carbocycles. The van der Waals surface area contributed by atoms with E-state index in [0.717, 1.165) is 13.0 Å². The summed E-state index contributed by atoms with van der Waals surface area (Å²) in [5.74, 6) is 1.25. The van der Waals surface area contributed by atoms with E-state index in [-0.39, 0.29) is 12.4 Å². The Balaban J connectivity index is 0.000000810. The fraction of sp³-hybridized carbons (Fsp3) is 1.00. The minimum absolute atomic E-state index is 0. The standard InChI is InChI=1S/C7H15NO.ClH/c8-4-6-1-2-7(3-6)5-9;/h6-7,9H,1-5,8H2;1H/t6-,7-;/m0./s1. The van der Waals surface area contributed by atoms with Crippen LogP contribution in [0.1, 0.15) is 19.3 Å². The number of hydrogen-bond acceptors (Lipinski definition) is 2. The van der Waals surface area contributed by atoms with Crippen LogP contribution in [-0.4, -0.2) is 18.3 Å². The summed E-state index contributed by atoms with van der Waals surface area (Å²) in [5, 5.41) is 8.74. The Labute approximate surface area is 68.2 Å². The molecule has 0 aromatic heterocycles. The molecule has 2 atom stereocenters. The van der Waals surface area contributed by atoms with Crippen LogP contribution in [0.3, 0.4) is 0 Å². The molecule has 0 aliphatic heterocycles. The zero-order valence-electron chi connectivity index (χ0n) is 6.12. The molecule has 10 heavy (non-hydrogen) atoms. The first-order valence-corrected chi connectivity index (χ1v) is 3.67. The maximum absolute atomic E-state index is 8.74. The molecule has 2 nitrogen and oxygen atoms in total. The summed E-state index contributed by atoms with van der Waals surface area (Å²) in [6, 6.07) is 0. The van der Waals surface area contributed by atoms with E-state index in [2.05, 4.69) is 0 Å². The minimum atomic E-state index is 0. The molecule has 0 radical (unpaired) electrons. The number of nitrogens with two attached hydrogens (primary N) is 1. The van der Waals surface area contributed by atoms with E-state index in [1.165, 1.54) is 12.8 Å². The predicted octanol–water partition coefficient (Wildman–Crippen LogP) is 0.775. The van der Waals surface area contributed by atoms with Crippen LogP contribution in [0.2, 0.25) is 0 Å². The highest BCUT2D eigenvalue weighted by atomic mass is 35.5. The molecular weight excluding hydrogens is 150 g/mol. The molecule has 1 rings (SSSR count). The highest BCUT2D eigenvalue weighted by Gasteiger charge is 2.22. The van der Waals surface area contributed by atoms with Gasteiger partial charge in [0.05, 0.1) is 0 Å². The molecule has 1 saturated carbocycles. The molecule has 0 spiro atoms. The van der Waals surface area contributed by atoms with E-state index in [4.69, 9.17) is 10.8 Å². The fourth-order valence-electron chi connectivity index (χ4n) is 1.56. The van der Waals surface area contributed by atoms with Gasteiger partial charge in [0.1, 0.15) is 0 Å². The molecule has 0 heterocycles. The van der Waals surface area contributed by atoms with E-state index in [9.17, 15) is 0 Å². The van der Waals surface area contributed by atoms with Crippen LogP contribution in [0.25, 0.3) is 0 Å². The van der Waals surface area contributed by atoms with Crippen LogP contribution in [0, 0.1) is 11.8 Å². The molecule has 1 fully saturated rings. The molecule has 3 heteroatoms. The lowest BCUT2D eigenvalue weighted by Crippen LogP contribution is -2.11. The Morgan fingerprint density at radius 2 is 1.90 bits per heavy atom. The number of aliphatic hydroxyl groups is 1. The van der Waals surface area contributed by atoms with Crippen molar-refractivity contribution < 1.29 is 5.11 Å². The molecule has 0 aromatic carbocycles. The first-order chi connectivity index (χ1) is 4.36. The van der Waals surface area contributed by atoms with Gasteiger partial charge in [0.15, 0.2) is 0 Å². The Bertz CT molecular complexity index is 79.7. The van der Waals surface area contributed by atoms with Gasteiger partial charge in [-0.25, -0.2) is 0 Å². The molecule has 0 unspecified atom stereocenters. The molecular formula is C7H16ClNO. The lowest BCUT2D eigenvalue weighted by atomic mass is 10.1. The van der Waals surface area contributed by atoms with E-state index >= 15 is 0 Å². The van der Waals surface area contributed by atoms with Crippen LogP contribution < -0.4 is 5.73 Å².